The molecule has 0 aliphatic heterocycles. The van der Waals surface area contributed by atoms with E-state index in [1.165, 1.54) is 0 Å². The van der Waals surface area contributed by atoms with Gasteiger partial charge < -0.3 is 4.90 Å². The van der Waals surface area contributed by atoms with Gasteiger partial charge in [-0.15, -0.1) is 11.6 Å². The Balaban J connectivity index is 2.81. The van der Waals surface area contributed by atoms with Crippen LogP contribution < -0.4 is 0 Å². The first-order valence-corrected chi connectivity index (χ1v) is 6.01. The largest absolute Gasteiger partial charge is 0.336 e. The minimum Gasteiger partial charge on any atom is -0.336 e. The second kappa shape index (κ2) is 6.48. The lowest BCUT2D eigenvalue weighted by molar-refractivity contribution is 0.0759. The van der Waals surface area contributed by atoms with Gasteiger partial charge in [0, 0.05) is 24.7 Å². The molecule has 0 aliphatic rings. The summed E-state index contributed by atoms with van der Waals surface area (Å²) in [6.45, 7) is 5.21. The van der Waals surface area contributed by atoms with Crippen molar-refractivity contribution < 1.29 is 4.79 Å². The number of carbonyl (C=O) groups excluding carboxylic acids is 1. The standard InChI is InChI=1S/C12H17ClN2O/c1-3-8-15(9-7-13)12(16)11-6-4-5-10(2)14-11/h4-6H,3,7-9H2,1-2H3. The number of hydrogen-bond donors (Lipinski definition) is 0. The molecule has 0 aromatic carbocycles. The normalized spacial score (nSPS) is 10.2. The van der Waals surface area contributed by atoms with Crippen LogP contribution >= 0.6 is 11.6 Å². The summed E-state index contributed by atoms with van der Waals surface area (Å²) in [7, 11) is 0. The van der Waals surface area contributed by atoms with Gasteiger partial charge in [0.1, 0.15) is 5.69 Å². The monoisotopic (exact) mass is 240 g/mol. The van der Waals surface area contributed by atoms with E-state index in [2.05, 4.69) is 4.98 Å². The molecular weight excluding hydrogens is 224 g/mol. The Kier molecular flexibility index (Phi) is 5.26. The van der Waals surface area contributed by atoms with E-state index in [0.717, 1.165) is 18.7 Å². The molecule has 0 bridgehead atoms. The minimum atomic E-state index is -0.0359. The van der Waals surface area contributed by atoms with Gasteiger partial charge in [-0.3, -0.25) is 4.79 Å². The van der Waals surface area contributed by atoms with Gasteiger partial charge >= 0.3 is 0 Å². The highest BCUT2D eigenvalue weighted by molar-refractivity contribution is 6.18. The van der Waals surface area contributed by atoms with Crippen molar-refractivity contribution in [2.75, 3.05) is 19.0 Å². The Bertz CT molecular complexity index is 349. The van der Waals surface area contributed by atoms with E-state index in [0.29, 0.717) is 18.1 Å². The van der Waals surface area contributed by atoms with Crippen molar-refractivity contribution in [3.05, 3.63) is 29.6 Å². The zero-order valence-corrected chi connectivity index (χ0v) is 10.5. The summed E-state index contributed by atoms with van der Waals surface area (Å²) in [4.78, 5) is 18.1. The zero-order valence-electron chi connectivity index (χ0n) is 9.74. The van der Waals surface area contributed by atoms with Gasteiger partial charge in [-0.05, 0) is 25.5 Å². The van der Waals surface area contributed by atoms with E-state index in [1.807, 2.05) is 26.0 Å². The molecule has 4 heteroatoms. The summed E-state index contributed by atoms with van der Waals surface area (Å²) in [5.41, 5.74) is 1.35. The second-order valence-corrected chi connectivity index (χ2v) is 4.02. The molecule has 0 aliphatic carbocycles. The summed E-state index contributed by atoms with van der Waals surface area (Å²) in [5.74, 6) is 0.420. The molecule has 0 saturated heterocycles. The van der Waals surface area contributed by atoms with Gasteiger partial charge in [0.05, 0.1) is 0 Å². The van der Waals surface area contributed by atoms with Gasteiger partial charge in [0.2, 0.25) is 0 Å². The van der Waals surface area contributed by atoms with Gasteiger partial charge in [0.15, 0.2) is 0 Å². The van der Waals surface area contributed by atoms with Crippen molar-refractivity contribution in [2.24, 2.45) is 0 Å². The molecule has 0 N–H and O–H groups in total. The van der Waals surface area contributed by atoms with Crippen molar-refractivity contribution in [1.29, 1.82) is 0 Å². The molecule has 16 heavy (non-hydrogen) atoms. The average molecular weight is 241 g/mol. The van der Waals surface area contributed by atoms with Crippen molar-refractivity contribution in [1.82, 2.24) is 9.88 Å². The van der Waals surface area contributed by atoms with Crippen LogP contribution in [0.1, 0.15) is 29.5 Å². The number of alkyl halides is 1. The number of rotatable bonds is 5. The SMILES string of the molecule is CCCN(CCCl)C(=O)c1cccc(C)n1. The minimum absolute atomic E-state index is 0.0359. The maximum atomic E-state index is 12.1. The first-order valence-electron chi connectivity index (χ1n) is 5.48. The summed E-state index contributed by atoms with van der Waals surface area (Å²) >= 11 is 5.68. The number of hydrogen-bond acceptors (Lipinski definition) is 2. The number of aromatic nitrogens is 1. The van der Waals surface area contributed by atoms with Gasteiger partial charge in [-0.2, -0.15) is 0 Å². The Labute approximate surface area is 101 Å². The van der Waals surface area contributed by atoms with Crippen LogP contribution in [0, 0.1) is 6.92 Å². The lowest BCUT2D eigenvalue weighted by Crippen LogP contribution is -2.34. The zero-order chi connectivity index (χ0) is 12.0. The summed E-state index contributed by atoms with van der Waals surface area (Å²) < 4.78 is 0. The van der Waals surface area contributed by atoms with Crippen LogP contribution in [-0.2, 0) is 0 Å². The van der Waals surface area contributed by atoms with E-state index < -0.39 is 0 Å². The van der Waals surface area contributed by atoms with Crippen molar-refractivity contribution >= 4 is 17.5 Å². The number of pyridine rings is 1. The molecule has 0 radical (unpaired) electrons. The smallest absolute Gasteiger partial charge is 0.272 e. The quantitative estimate of drug-likeness (QED) is 0.741. The molecule has 0 saturated carbocycles. The van der Waals surface area contributed by atoms with E-state index >= 15 is 0 Å². The molecule has 3 nitrogen and oxygen atoms in total. The number of aryl methyl sites for hydroxylation is 1. The molecule has 1 amide bonds. The predicted octanol–water partition coefficient (Wildman–Crippen LogP) is 2.48. The van der Waals surface area contributed by atoms with Gasteiger partial charge in [0.25, 0.3) is 5.91 Å². The first kappa shape index (κ1) is 13.0. The summed E-state index contributed by atoms with van der Waals surface area (Å²) in [5, 5.41) is 0. The van der Waals surface area contributed by atoms with E-state index in [1.54, 1.807) is 11.0 Å². The molecule has 1 heterocycles. The van der Waals surface area contributed by atoms with E-state index in [9.17, 15) is 4.79 Å². The lowest BCUT2D eigenvalue weighted by atomic mass is 10.2. The van der Waals surface area contributed by atoms with Crippen LogP contribution in [0.4, 0.5) is 0 Å². The third-order valence-electron chi connectivity index (χ3n) is 2.24. The Morgan fingerprint density at radius 3 is 2.75 bits per heavy atom. The fraction of sp³-hybridized carbons (Fsp3) is 0.500. The molecular formula is C12H17ClN2O. The number of carbonyl (C=O) groups is 1. The lowest BCUT2D eigenvalue weighted by Gasteiger charge is -2.20. The molecule has 0 spiro atoms. The fourth-order valence-electron chi connectivity index (χ4n) is 1.51. The highest BCUT2D eigenvalue weighted by atomic mass is 35.5. The van der Waals surface area contributed by atoms with Crippen LogP contribution in [0.5, 0.6) is 0 Å². The Morgan fingerprint density at radius 2 is 2.19 bits per heavy atom. The maximum Gasteiger partial charge on any atom is 0.272 e. The molecule has 88 valence electrons. The average Bonchev–Trinajstić information content (AvgIpc) is 2.28. The summed E-state index contributed by atoms with van der Waals surface area (Å²) in [6.07, 6.45) is 0.925. The molecule has 0 atom stereocenters. The number of halogens is 1. The summed E-state index contributed by atoms with van der Waals surface area (Å²) in [6, 6.07) is 5.47. The van der Waals surface area contributed by atoms with Crippen molar-refractivity contribution in [3.8, 4) is 0 Å². The Morgan fingerprint density at radius 1 is 1.44 bits per heavy atom. The van der Waals surface area contributed by atoms with Crippen molar-refractivity contribution in [3.63, 3.8) is 0 Å². The highest BCUT2D eigenvalue weighted by Crippen LogP contribution is 2.04. The topological polar surface area (TPSA) is 33.2 Å². The van der Waals surface area contributed by atoms with Crippen LogP contribution in [0.2, 0.25) is 0 Å². The van der Waals surface area contributed by atoms with Crippen molar-refractivity contribution in [2.45, 2.75) is 20.3 Å². The Hall–Kier alpha value is -1.09. The van der Waals surface area contributed by atoms with E-state index in [4.69, 9.17) is 11.6 Å². The highest BCUT2D eigenvalue weighted by Gasteiger charge is 2.15. The third kappa shape index (κ3) is 3.49. The van der Waals surface area contributed by atoms with Gasteiger partial charge in [-0.25, -0.2) is 4.98 Å². The molecule has 1 rings (SSSR count). The molecule has 0 fully saturated rings. The second-order valence-electron chi connectivity index (χ2n) is 3.65. The van der Waals surface area contributed by atoms with Crippen LogP contribution in [-0.4, -0.2) is 34.8 Å². The molecule has 1 aromatic rings. The third-order valence-corrected chi connectivity index (χ3v) is 2.41. The maximum absolute atomic E-state index is 12.1. The molecule has 1 aromatic heterocycles. The number of nitrogens with zero attached hydrogens (tertiary/aromatic N) is 2. The van der Waals surface area contributed by atoms with E-state index in [-0.39, 0.29) is 5.91 Å². The predicted molar refractivity (Wildman–Crippen MR) is 65.9 cm³/mol. The van der Waals surface area contributed by atoms with Crippen LogP contribution in [0.25, 0.3) is 0 Å². The first-order chi connectivity index (χ1) is 7.69. The number of amides is 1. The molecule has 0 unspecified atom stereocenters. The van der Waals surface area contributed by atoms with Crippen LogP contribution in [0.15, 0.2) is 18.2 Å². The van der Waals surface area contributed by atoms with Crippen LogP contribution in [0.3, 0.4) is 0 Å². The fourth-order valence-corrected chi connectivity index (χ4v) is 1.72. The van der Waals surface area contributed by atoms with Gasteiger partial charge in [-0.1, -0.05) is 13.0 Å².